The number of aromatic nitrogens is 1. The van der Waals surface area contributed by atoms with E-state index in [0.717, 1.165) is 9.75 Å². The van der Waals surface area contributed by atoms with Crippen LogP contribution in [-0.2, 0) is 23.6 Å². The molecule has 7 nitrogen and oxygen atoms in total. The van der Waals surface area contributed by atoms with E-state index in [0.29, 0.717) is 23.9 Å². The monoisotopic (exact) mass is 397 g/mol. The van der Waals surface area contributed by atoms with Crippen LogP contribution in [0.5, 0.6) is 0 Å². The van der Waals surface area contributed by atoms with Crippen LogP contribution in [-0.4, -0.2) is 51.0 Å². The van der Waals surface area contributed by atoms with E-state index < -0.39 is 10.0 Å². The smallest absolute Gasteiger partial charge is 0.241 e. The molecular weight excluding hydrogens is 370 g/mol. The lowest BCUT2D eigenvalue weighted by Crippen LogP contribution is -2.42. The number of hydrogen-bond acceptors (Lipinski definition) is 4. The maximum Gasteiger partial charge on any atom is 0.241 e. The molecule has 26 heavy (non-hydrogen) atoms. The number of nitrogens with zero attached hydrogens (tertiary/aromatic N) is 3. The fourth-order valence-electron chi connectivity index (χ4n) is 2.68. The quantitative estimate of drug-likeness (QED) is 0.423. The van der Waals surface area contributed by atoms with Crippen LogP contribution in [0.4, 0.5) is 0 Å². The number of guanidine groups is 1. The van der Waals surface area contributed by atoms with E-state index in [1.807, 2.05) is 45.1 Å². The van der Waals surface area contributed by atoms with Gasteiger partial charge in [-0.2, -0.15) is 0 Å². The van der Waals surface area contributed by atoms with Gasteiger partial charge < -0.3 is 14.8 Å². The predicted octanol–water partition coefficient (Wildman–Crippen LogP) is 1.69. The number of aliphatic imine (C=N–C) groups is 1. The summed E-state index contributed by atoms with van der Waals surface area (Å²) in [7, 11) is 2.19. The number of sulfonamides is 1. The number of thiophene rings is 1. The molecule has 0 saturated carbocycles. The molecule has 2 heterocycles. The minimum absolute atomic E-state index is 0.285. The minimum atomic E-state index is -3.48. The Morgan fingerprint density at radius 1 is 1.35 bits per heavy atom. The van der Waals surface area contributed by atoms with Gasteiger partial charge in [0.15, 0.2) is 5.96 Å². The lowest BCUT2D eigenvalue weighted by molar-refractivity contribution is 0.462. The Morgan fingerprint density at radius 3 is 2.62 bits per heavy atom. The van der Waals surface area contributed by atoms with E-state index in [4.69, 9.17) is 0 Å². The van der Waals surface area contributed by atoms with Gasteiger partial charge in [0.05, 0.1) is 11.4 Å². The van der Waals surface area contributed by atoms with Gasteiger partial charge in [0.1, 0.15) is 0 Å². The number of aryl methyl sites for hydroxylation is 3. The Hall–Kier alpha value is -1.84. The summed E-state index contributed by atoms with van der Waals surface area (Å²) < 4.78 is 29.5. The van der Waals surface area contributed by atoms with E-state index in [1.54, 1.807) is 13.1 Å². The third-order valence-electron chi connectivity index (χ3n) is 4.01. The molecule has 0 aliphatic rings. The molecule has 0 saturated heterocycles. The fourth-order valence-corrected chi connectivity index (χ4v) is 5.26. The van der Waals surface area contributed by atoms with Gasteiger partial charge in [0.2, 0.25) is 10.0 Å². The molecule has 0 radical (unpaired) electrons. The highest BCUT2D eigenvalue weighted by Gasteiger charge is 2.18. The van der Waals surface area contributed by atoms with Crippen LogP contribution in [0.15, 0.2) is 34.3 Å². The van der Waals surface area contributed by atoms with Gasteiger partial charge >= 0.3 is 0 Å². The van der Waals surface area contributed by atoms with Crippen LogP contribution in [0, 0.1) is 13.8 Å². The maximum atomic E-state index is 12.4. The second-order valence-electron chi connectivity index (χ2n) is 6.12. The van der Waals surface area contributed by atoms with Gasteiger partial charge in [-0.15, -0.1) is 11.3 Å². The van der Waals surface area contributed by atoms with E-state index in [-0.39, 0.29) is 6.54 Å². The van der Waals surface area contributed by atoms with Crippen molar-refractivity contribution in [2.75, 3.05) is 27.2 Å². The first-order valence-corrected chi connectivity index (χ1v) is 10.6. The summed E-state index contributed by atoms with van der Waals surface area (Å²) in [6.07, 6.45) is 2.00. The van der Waals surface area contributed by atoms with Gasteiger partial charge in [0.25, 0.3) is 0 Å². The second kappa shape index (κ2) is 8.70. The zero-order valence-corrected chi connectivity index (χ0v) is 17.5. The van der Waals surface area contributed by atoms with Crippen LogP contribution in [0.2, 0.25) is 0 Å². The molecule has 2 aromatic rings. The topological polar surface area (TPSA) is 78.7 Å². The molecule has 2 N–H and O–H groups in total. The number of hydrogen-bond donors (Lipinski definition) is 2. The Morgan fingerprint density at radius 2 is 2.08 bits per heavy atom. The third kappa shape index (κ3) is 5.09. The highest BCUT2D eigenvalue weighted by Crippen LogP contribution is 2.24. The molecule has 0 aromatic carbocycles. The second-order valence-corrected chi connectivity index (χ2v) is 9.31. The minimum Gasteiger partial charge on any atom is -0.355 e. The van der Waals surface area contributed by atoms with Gasteiger partial charge in [-0.1, -0.05) is 0 Å². The van der Waals surface area contributed by atoms with Crippen molar-refractivity contribution in [3.05, 3.63) is 39.8 Å². The SMILES string of the molecule is CN=C(NCCNS(=O)(=O)c1cc(C)sc1C)N(C)Cc1cccn1C. The third-order valence-corrected chi connectivity index (χ3v) is 6.69. The summed E-state index contributed by atoms with van der Waals surface area (Å²) in [5.74, 6) is 0.716. The zero-order valence-electron chi connectivity index (χ0n) is 15.9. The molecule has 0 atom stereocenters. The first-order valence-electron chi connectivity index (χ1n) is 8.33. The highest BCUT2D eigenvalue weighted by molar-refractivity contribution is 7.89. The van der Waals surface area contributed by atoms with Crippen LogP contribution in [0.25, 0.3) is 0 Å². The summed E-state index contributed by atoms with van der Waals surface area (Å²) in [5.41, 5.74) is 1.17. The summed E-state index contributed by atoms with van der Waals surface area (Å²) >= 11 is 1.49. The van der Waals surface area contributed by atoms with Gasteiger partial charge in [0, 0.05) is 55.9 Å². The zero-order chi connectivity index (χ0) is 19.3. The van der Waals surface area contributed by atoms with Crippen molar-refractivity contribution in [2.24, 2.45) is 12.0 Å². The molecule has 0 spiro atoms. The van der Waals surface area contributed by atoms with Gasteiger partial charge in [-0.05, 0) is 32.0 Å². The molecule has 9 heteroatoms. The summed E-state index contributed by atoms with van der Waals surface area (Å²) in [5, 5.41) is 3.19. The molecular formula is C17H27N5O2S2. The molecule has 0 unspecified atom stereocenters. The first kappa shape index (κ1) is 20.5. The van der Waals surface area contributed by atoms with Crippen molar-refractivity contribution >= 4 is 27.3 Å². The molecule has 144 valence electrons. The number of rotatable bonds is 7. The van der Waals surface area contributed by atoms with Gasteiger partial charge in [-0.25, -0.2) is 13.1 Å². The van der Waals surface area contributed by atoms with Crippen molar-refractivity contribution in [3.63, 3.8) is 0 Å². The lowest BCUT2D eigenvalue weighted by atomic mass is 10.4. The van der Waals surface area contributed by atoms with E-state index >= 15 is 0 Å². The Bertz CT molecular complexity index is 868. The Balaban J connectivity index is 1.85. The van der Waals surface area contributed by atoms with Crippen molar-refractivity contribution in [2.45, 2.75) is 25.3 Å². The highest BCUT2D eigenvalue weighted by atomic mass is 32.2. The average Bonchev–Trinajstić information content (AvgIpc) is 3.12. The van der Waals surface area contributed by atoms with E-state index in [9.17, 15) is 8.42 Å². The molecule has 0 aliphatic heterocycles. The standard InChI is InChI=1S/C17H27N5O2S2/c1-13-11-16(14(2)25-13)26(23,24)20-9-8-19-17(18-3)22(5)12-15-7-6-10-21(15)4/h6-7,10-11,20H,8-9,12H2,1-5H3,(H,18,19). The molecule has 0 fully saturated rings. The Labute approximate surface area is 159 Å². The summed E-state index contributed by atoms with van der Waals surface area (Å²) in [4.78, 5) is 8.41. The molecule has 2 rings (SSSR count). The summed E-state index contributed by atoms with van der Waals surface area (Å²) in [6, 6.07) is 5.77. The molecule has 0 bridgehead atoms. The van der Waals surface area contributed by atoms with Crippen LogP contribution in [0.3, 0.4) is 0 Å². The maximum absolute atomic E-state index is 12.4. The van der Waals surface area contributed by atoms with Crippen LogP contribution in [0.1, 0.15) is 15.4 Å². The van der Waals surface area contributed by atoms with Gasteiger partial charge in [-0.3, -0.25) is 4.99 Å². The van der Waals surface area contributed by atoms with Crippen molar-refractivity contribution in [1.82, 2.24) is 19.5 Å². The van der Waals surface area contributed by atoms with E-state index in [2.05, 4.69) is 25.7 Å². The first-order chi connectivity index (χ1) is 12.2. The van der Waals surface area contributed by atoms with Crippen molar-refractivity contribution in [1.29, 1.82) is 0 Å². The molecule has 0 aliphatic carbocycles. The lowest BCUT2D eigenvalue weighted by Gasteiger charge is -2.22. The predicted molar refractivity (Wildman–Crippen MR) is 107 cm³/mol. The number of nitrogens with one attached hydrogen (secondary N) is 2. The van der Waals surface area contributed by atoms with Crippen LogP contribution >= 0.6 is 11.3 Å². The van der Waals surface area contributed by atoms with E-state index in [1.165, 1.54) is 17.0 Å². The fraction of sp³-hybridized carbons (Fsp3) is 0.471. The largest absolute Gasteiger partial charge is 0.355 e. The molecule has 2 aromatic heterocycles. The van der Waals surface area contributed by atoms with Crippen LogP contribution < -0.4 is 10.0 Å². The van der Waals surface area contributed by atoms with Crippen molar-refractivity contribution in [3.8, 4) is 0 Å². The summed E-state index contributed by atoms with van der Waals surface area (Å²) in [6.45, 7) is 5.18. The van der Waals surface area contributed by atoms with Crippen molar-refractivity contribution < 1.29 is 8.42 Å². The normalized spacial score (nSPS) is 12.4. The molecule has 0 amide bonds. The average molecular weight is 398 g/mol. The Kier molecular flexibility index (Phi) is 6.85.